The largest absolute Gasteiger partial charge is 0.466 e. The Hall–Kier alpha value is -1.79. The van der Waals surface area contributed by atoms with Gasteiger partial charge < -0.3 is 4.74 Å². The molecule has 1 aromatic rings. The highest BCUT2D eigenvalue weighted by molar-refractivity contribution is 7.12. The van der Waals surface area contributed by atoms with Crippen LogP contribution in [-0.4, -0.2) is 12.6 Å². The molecule has 0 aliphatic heterocycles. The summed E-state index contributed by atoms with van der Waals surface area (Å²) in [5.74, 6) is 6.37. The number of carbonyl (C=O) groups is 1. The van der Waals surface area contributed by atoms with Gasteiger partial charge in [-0.25, -0.2) is 0 Å². The minimum absolute atomic E-state index is 0.0893. The number of allylic oxidation sites excluding steroid dienone is 4. The van der Waals surface area contributed by atoms with E-state index in [0.29, 0.717) is 13.0 Å². The van der Waals surface area contributed by atoms with E-state index < -0.39 is 0 Å². The zero-order chi connectivity index (χ0) is 19.7. The summed E-state index contributed by atoms with van der Waals surface area (Å²) in [6, 6.07) is 4.25. The summed E-state index contributed by atoms with van der Waals surface area (Å²) in [5, 5.41) is 0. The van der Waals surface area contributed by atoms with E-state index in [1.54, 1.807) is 11.3 Å². The molecule has 0 saturated heterocycles. The molecule has 0 fully saturated rings. The van der Waals surface area contributed by atoms with Crippen molar-refractivity contribution < 1.29 is 9.53 Å². The van der Waals surface area contributed by atoms with Gasteiger partial charge in [0.15, 0.2) is 0 Å². The number of hydrogen-bond acceptors (Lipinski definition) is 3. The Labute approximate surface area is 168 Å². The average Bonchev–Trinajstić information content (AvgIpc) is 3.05. The predicted octanol–water partition coefficient (Wildman–Crippen LogP) is 6.46. The van der Waals surface area contributed by atoms with Crippen molar-refractivity contribution in [1.29, 1.82) is 0 Å². The number of rotatable bonds is 7. The Balaban J connectivity index is 1.83. The molecule has 0 saturated carbocycles. The quantitative estimate of drug-likeness (QED) is 0.306. The van der Waals surface area contributed by atoms with Crippen molar-refractivity contribution in [2.45, 2.75) is 72.6 Å². The minimum Gasteiger partial charge on any atom is -0.466 e. The van der Waals surface area contributed by atoms with Crippen LogP contribution in [0.4, 0.5) is 0 Å². The number of unbranched alkanes of at least 4 members (excludes halogenated alkanes) is 1. The number of aryl methyl sites for hydroxylation is 1. The molecule has 0 bridgehead atoms. The molecule has 0 amide bonds. The highest BCUT2D eigenvalue weighted by Gasteiger charge is 2.26. The zero-order valence-corrected chi connectivity index (χ0v) is 18.0. The van der Waals surface area contributed by atoms with Crippen LogP contribution in [0.1, 0.15) is 76.0 Å². The third-order valence-corrected chi connectivity index (χ3v) is 6.15. The first-order valence-corrected chi connectivity index (χ1v) is 10.9. The molecule has 2 rings (SSSR count). The van der Waals surface area contributed by atoms with Crippen molar-refractivity contribution in [2.75, 3.05) is 6.61 Å². The van der Waals surface area contributed by atoms with Crippen molar-refractivity contribution in [3.63, 3.8) is 0 Å². The van der Waals surface area contributed by atoms with Gasteiger partial charge in [0.05, 0.1) is 11.5 Å². The zero-order valence-electron chi connectivity index (χ0n) is 17.2. The summed E-state index contributed by atoms with van der Waals surface area (Å²) >= 11 is 1.75. The maximum atomic E-state index is 11.3. The SMILES string of the molecule is CCOC(=O)CCCCc1ccc(C#CC=CC2=C(C)CCCC2(C)C)s1. The van der Waals surface area contributed by atoms with Crippen LogP contribution < -0.4 is 0 Å². The third kappa shape index (κ3) is 7.03. The van der Waals surface area contributed by atoms with Crippen molar-refractivity contribution in [2.24, 2.45) is 5.41 Å². The number of carbonyl (C=O) groups excluding carboxylic acids is 1. The Kier molecular flexibility index (Phi) is 8.38. The van der Waals surface area contributed by atoms with Crippen LogP contribution in [-0.2, 0) is 16.0 Å². The Bertz CT molecular complexity index is 753. The van der Waals surface area contributed by atoms with Gasteiger partial charge in [0, 0.05) is 11.3 Å². The lowest BCUT2D eigenvalue weighted by Crippen LogP contribution is -2.18. The molecular formula is C24H32O2S. The van der Waals surface area contributed by atoms with Gasteiger partial charge in [-0.2, -0.15) is 0 Å². The molecule has 27 heavy (non-hydrogen) atoms. The van der Waals surface area contributed by atoms with E-state index in [-0.39, 0.29) is 11.4 Å². The van der Waals surface area contributed by atoms with Gasteiger partial charge in [-0.15, -0.1) is 11.3 Å². The van der Waals surface area contributed by atoms with E-state index >= 15 is 0 Å². The second-order valence-corrected chi connectivity index (χ2v) is 8.98. The summed E-state index contributed by atoms with van der Waals surface area (Å²) in [6.45, 7) is 9.22. The number of hydrogen-bond donors (Lipinski definition) is 0. The molecule has 0 atom stereocenters. The monoisotopic (exact) mass is 384 g/mol. The molecule has 146 valence electrons. The lowest BCUT2D eigenvalue weighted by atomic mass is 9.73. The van der Waals surface area contributed by atoms with Crippen molar-refractivity contribution >= 4 is 17.3 Å². The van der Waals surface area contributed by atoms with Crippen molar-refractivity contribution in [3.8, 4) is 11.8 Å². The number of thiophene rings is 1. The van der Waals surface area contributed by atoms with Crippen LogP contribution in [0, 0.1) is 17.3 Å². The van der Waals surface area contributed by atoms with E-state index in [2.05, 4.69) is 50.8 Å². The first-order valence-electron chi connectivity index (χ1n) is 10.0. The summed E-state index contributed by atoms with van der Waals surface area (Å²) < 4.78 is 4.95. The average molecular weight is 385 g/mol. The summed E-state index contributed by atoms with van der Waals surface area (Å²) in [4.78, 5) is 13.8. The predicted molar refractivity (Wildman–Crippen MR) is 115 cm³/mol. The lowest BCUT2D eigenvalue weighted by Gasteiger charge is -2.32. The smallest absolute Gasteiger partial charge is 0.305 e. The van der Waals surface area contributed by atoms with Gasteiger partial charge in [0.2, 0.25) is 0 Å². The molecule has 1 aliphatic carbocycles. The second-order valence-electron chi connectivity index (χ2n) is 7.81. The van der Waals surface area contributed by atoms with E-state index in [1.807, 2.05) is 13.0 Å². The normalized spacial score (nSPS) is 16.3. The van der Waals surface area contributed by atoms with E-state index in [9.17, 15) is 4.79 Å². The van der Waals surface area contributed by atoms with E-state index in [0.717, 1.165) is 24.1 Å². The number of ether oxygens (including phenoxy) is 1. The number of esters is 1. The lowest BCUT2D eigenvalue weighted by molar-refractivity contribution is -0.143. The molecule has 0 spiro atoms. The van der Waals surface area contributed by atoms with Gasteiger partial charge >= 0.3 is 5.97 Å². The molecular weight excluding hydrogens is 352 g/mol. The van der Waals surface area contributed by atoms with Crippen LogP contribution in [0.3, 0.4) is 0 Å². The van der Waals surface area contributed by atoms with Crippen LogP contribution in [0.15, 0.2) is 35.4 Å². The molecule has 1 aliphatic rings. The fourth-order valence-corrected chi connectivity index (χ4v) is 4.54. The van der Waals surface area contributed by atoms with Gasteiger partial charge in [-0.1, -0.05) is 37.3 Å². The Morgan fingerprint density at radius 2 is 2.15 bits per heavy atom. The molecule has 3 heteroatoms. The third-order valence-electron chi connectivity index (χ3n) is 5.09. The summed E-state index contributed by atoms with van der Waals surface area (Å²) in [7, 11) is 0. The standard InChI is InChI=1S/C24H32O2S/c1-5-26-23(25)15-9-7-13-21-17-16-20(27-21)12-6-8-14-22-19(2)11-10-18-24(22,3)4/h8,14,16-17H,5,7,9-11,13,15,18H2,1-4H3. The van der Waals surface area contributed by atoms with Gasteiger partial charge in [0.1, 0.15) is 0 Å². The second kappa shape index (κ2) is 10.5. The van der Waals surface area contributed by atoms with Crippen LogP contribution >= 0.6 is 11.3 Å². The van der Waals surface area contributed by atoms with Crippen LogP contribution in [0.2, 0.25) is 0 Å². The van der Waals surface area contributed by atoms with Crippen LogP contribution in [0.25, 0.3) is 0 Å². The van der Waals surface area contributed by atoms with Gasteiger partial charge in [0.25, 0.3) is 0 Å². The molecule has 2 nitrogen and oxygen atoms in total. The van der Waals surface area contributed by atoms with E-state index in [1.165, 1.54) is 35.3 Å². The summed E-state index contributed by atoms with van der Waals surface area (Å²) in [6.07, 6.45) is 11.4. The highest BCUT2D eigenvalue weighted by Crippen LogP contribution is 2.40. The fourth-order valence-electron chi connectivity index (χ4n) is 3.63. The highest BCUT2D eigenvalue weighted by atomic mass is 32.1. The fraction of sp³-hybridized carbons (Fsp3) is 0.542. The van der Waals surface area contributed by atoms with Crippen molar-refractivity contribution in [3.05, 3.63) is 45.2 Å². The Morgan fingerprint density at radius 3 is 2.89 bits per heavy atom. The molecule has 0 N–H and O–H groups in total. The maximum Gasteiger partial charge on any atom is 0.305 e. The molecule has 1 aromatic heterocycles. The topological polar surface area (TPSA) is 26.3 Å². The summed E-state index contributed by atoms with van der Waals surface area (Å²) in [5.41, 5.74) is 3.22. The van der Waals surface area contributed by atoms with Crippen LogP contribution in [0.5, 0.6) is 0 Å². The molecule has 0 radical (unpaired) electrons. The van der Waals surface area contributed by atoms with Gasteiger partial charge in [-0.05, 0) is 81.6 Å². The van der Waals surface area contributed by atoms with E-state index in [4.69, 9.17) is 4.74 Å². The van der Waals surface area contributed by atoms with Crippen molar-refractivity contribution in [1.82, 2.24) is 0 Å². The molecule has 1 heterocycles. The molecule has 0 aromatic carbocycles. The Morgan fingerprint density at radius 1 is 1.33 bits per heavy atom. The first-order chi connectivity index (χ1) is 12.9. The first kappa shape index (κ1) is 21.5. The minimum atomic E-state index is -0.0893. The molecule has 0 unspecified atom stereocenters. The maximum absolute atomic E-state index is 11.3. The van der Waals surface area contributed by atoms with Gasteiger partial charge in [-0.3, -0.25) is 4.79 Å².